The van der Waals surface area contributed by atoms with E-state index in [0.717, 1.165) is 18.7 Å². The summed E-state index contributed by atoms with van der Waals surface area (Å²) >= 11 is 0. The van der Waals surface area contributed by atoms with Gasteiger partial charge in [0.1, 0.15) is 5.82 Å². The lowest BCUT2D eigenvalue weighted by Crippen LogP contribution is -2.40. The van der Waals surface area contributed by atoms with Crippen molar-refractivity contribution in [2.24, 2.45) is 11.7 Å². The SMILES string of the molecule is CC1CCCN(C(CN)c2ccccc2F)C1. The van der Waals surface area contributed by atoms with E-state index in [1.165, 1.54) is 18.9 Å². The van der Waals surface area contributed by atoms with E-state index in [0.29, 0.717) is 12.5 Å². The van der Waals surface area contributed by atoms with Crippen LogP contribution < -0.4 is 5.73 Å². The summed E-state index contributed by atoms with van der Waals surface area (Å²) in [6.07, 6.45) is 2.46. The molecule has 1 aliphatic rings. The smallest absolute Gasteiger partial charge is 0.128 e. The van der Waals surface area contributed by atoms with Crippen LogP contribution in [-0.4, -0.2) is 24.5 Å². The molecule has 2 nitrogen and oxygen atoms in total. The van der Waals surface area contributed by atoms with Crippen molar-refractivity contribution in [1.29, 1.82) is 0 Å². The minimum absolute atomic E-state index is 0.0268. The first kappa shape index (κ1) is 12.5. The van der Waals surface area contributed by atoms with Crippen LogP contribution in [0, 0.1) is 11.7 Å². The number of benzene rings is 1. The fourth-order valence-electron chi connectivity index (χ4n) is 2.73. The average Bonchev–Trinajstić information content (AvgIpc) is 2.33. The van der Waals surface area contributed by atoms with Gasteiger partial charge in [0, 0.05) is 24.7 Å². The molecule has 1 aliphatic heterocycles. The molecule has 2 N–H and O–H groups in total. The molecule has 1 aromatic carbocycles. The Hall–Kier alpha value is -0.930. The number of hydrogen-bond donors (Lipinski definition) is 1. The van der Waals surface area contributed by atoms with Gasteiger partial charge in [-0.15, -0.1) is 0 Å². The van der Waals surface area contributed by atoms with Crippen LogP contribution in [0.2, 0.25) is 0 Å². The van der Waals surface area contributed by atoms with E-state index >= 15 is 0 Å². The van der Waals surface area contributed by atoms with Crippen molar-refractivity contribution >= 4 is 0 Å². The second-order valence-electron chi connectivity index (χ2n) is 5.02. The molecule has 1 aromatic rings. The van der Waals surface area contributed by atoms with Gasteiger partial charge in [0.15, 0.2) is 0 Å². The summed E-state index contributed by atoms with van der Waals surface area (Å²) < 4.78 is 13.8. The maximum absolute atomic E-state index is 13.8. The standard InChI is InChI=1S/C14H21FN2/c1-11-5-4-8-17(10-11)14(9-16)12-6-2-3-7-13(12)15/h2-3,6-7,11,14H,4-5,8-10,16H2,1H3. The van der Waals surface area contributed by atoms with Gasteiger partial charge in [-0.25, -0.2) is 4.39 Å². The van der Waals surface area contributed by atoms with Gasteiger partial charge in [0.2, 0.25) is 0 Å². The minimum Gasteiger partial charge on any atom is -0.329 e. The topological polar surface area (TPSA) is 29.3 Å². The number of nitrogens with two attached hydrogens (primary N) is 1. The van der Waals surface area contributed by atoms with Gasteiger partial charge in [-0.3, -0.25) is 4.90 Å². The Bertz CT molecular complexity index is 367. The van der Waals surface area contributed by atoms with E-state index in [1.807, 2.05) is 12.1 Å². The molecule has 94 valence electrons. The Morgan fingerprint density at radius 3 is 2.88 bits per heavy atom. The molecule has 0 bridgehead atoms. The van der Waals surface area contributed by atoms with E-state index in [1.54, 1.807) is 6.07 Å². The third kappa shape index (κ3) is 2.85. The van der Waals surface area contributed by atoms with Crippen LogP contribution in [0.25, 0.3) is 0 Å². The first-order valence-electron chi connectivity index (χ1n) is 6.41. The van der Waals surface area contributed by atoms with Gasteiger partial charge in [-0.1, -0.05) is 25.1 Å². The number of hydrogen-bond acceptors (Lipinski definition) is 2. The lowest BCUT2D eigenvalue weighted by Gasteiger charge is -2.37. The second-order valence-corrected chi connectivity index (χ2v) is 5.02. The summed E-state index contributed by atoms with van der Waals surface area (Å²) in [4.78, 5) is 2.33. The quantitative estimate of drug-likeness (QED) is 0.874. The Kier molecular flexibility index (Phi) is 4.13. The molecule has 0 aliphatic carbocycles. The molecular formula is C14H21FN2. The van der Waals surface area contributed by atoms with Crippen molar-refractivity contribution in [1.82, 2.24) is 4.90 Å². The molecule has 0 amide bonds. The Labute approximate surface area is 103 Å². The Morgan fingerprint density at radius 2 is 2.24 bits per heavy atom. The third-order valence-corrected chi connectivity index (χ3v) is 3.62. The van der Waals surface area contributed by atoms with E-state index in [2.05, 4.69) is 11.8 Å². The van der Waals surface area contributed by atoms with Crippen LogP contribution in [0.15, 0.2) is 24.3 Å². The lowest BCUT2D eigenvalue weighted by molar-refractivity contribution is 0.131. The van der Waals surface area contributed by atoms with Crippen molar-refractivity contribution in [2.75, 3.05) is 19.6 Å². The van der Waals surface area contributed by atoms with Gasteiger partial charge in [-0.05, 0) is 31.4 Å². The predicted octanol–water partition coefficient (Wildman–Crippen LogP) is 2.56. The number of piperidine rings is 1. The van der Waals surface area contributed by atoms with Crippen LogP contribution in [0.1, 0.15) is 31.4 Å². The largest absolute Gasteiger partial charge is 0.329 e. The van der Waals surface area contributed by atoms with Crippen LogP contribution in [-0.2, 0) is 0 Å². The van der Waals surface area contributed by atoms with Gasteiger partial charge in [0.25, 0.3) is 0 Å². The Morgan fingerprint density at radius 1 is 1.47 bits per heavy atom. The summed E-state index contributed by atoms with van der Waals surface area (Å²) in [6.45, 7) is 4.78. The number of nitrogens with zero attached hydrogens (tertiary/aromatic N) is 1. The zero-order valence-electron chi connectivity index (χ0n) is 10.4. The third-order valence-electron chi connectivity index (χ3n) is 3.62. The molecule has 2 unspecified atom stereocenters. The van der Waals surface area contributed by atoms with Gasteiger partial charge in [-0.2, -0.15) is 0 Å². The molecule has 0 radical (unpaired) electrons. The predicted molar refractivity (Wildman–Crippen MR) is 68.2 cm³/mol. The summed E-state index contributed by atoms with van der Waals surface area (Å²) in [7, 11) is 0. The van der Waals surface area contributed by atoms with Crippen LogP contribution in [0.4, 0.5) is 4.39 Å². The minimum atomic E-state index is -0.138. The van der Waals surface area contributed by atoms with E-state index in [-0.39, 0.29) is 11.9 Å². The fourth-order valence-corrected chi connectivity index (χ4v) is 2.73. The number of rotatable bonds is 3. The normalized spacial score (nSPS) is 23.6. The van der Waals surface area contributed by atoms with E-state index in [9.17, 15) is 4.39 Å². The lowest BCUT2D eigenvalue weighted by atomic mass is 9.96. The molecule has 1 saturated heterocycles. The molecule has 1 fully saturated rings. The van der Waals surface area contributed by atoms with E-state index < -0.39 is 0 Å². The molecule has 2 atom stereocenters. The second kappa shape index (κ2) is 5.61. The van der Waals surface area contributed by atoms with Crippen LogP contribution in [0.3, 0.4) is 0 Å². The highest BCUT2D eigenvalue weighted by molar-refractivity contribution is 5.21. The molecule has 3 heteroatoms. The van der Waals surface area contributed by atoms with Crippen LogP contribution >= 0.6 is 0 Å². The van der Waals surface area contributed by atoms with Crippen molar-refractivity contribution in [3.05, 3.63) is 35.6 Å². The summed E-state index contributed by atoms with van der Waals surface area (Å²) in [5.74, 6) is 0.547. The first-order chi connectivity index (χ1) is 8.22. The highest BCUT2D eigenvalue weighted by atomic mass is 19.1. The monoisotopic (exact) mass is 236 g/mol. The molecule has 17 heavy (non-hydrogen) atoms. The maximum atomic E-state index is 13.8. The Balaban J connectivity index is 2.18. The molecule has 0 spiro atoms. The van der Waals surface area contributed by atoms with Crippen molar-refractivity contribution in [3.63, 3.8) is 0 Å². The van der Waals surface area contributed by atoms with Gasteiger partial charge < -0.3 is 5.73 Å². The van der Waals surface area contributed by atoms with Crippen molar-refractivity contribution < 1.29 is 4.39 Å². The summed E-state index contributed by atoms with van der Waals surface area (Å²) in [6, 6.07) is 7.01. The number of halogens is 1. The maximum Gasteiger partial charge on any atom is 0.128 e. The fraction of sp³-hybridized carbons (Fsp3) is 0.571. The van der Waals surface area contributed by atoms with E-state index in [4.69, 9.17) is 5.73 Å². The molecule has 1 heterocycles. The molecular weight excluding hydrogens is 215 g/mol. The molecule has 0 saturated carbocycles. The highest BCUT2D eigenvalue weighted by Crippen LogP contribution is 2.27. The summed E-state index contributed by atoms with van der Waals surface area (Å²) in [5, 5.41) is 0. The molecule has 0 aromatic heterocycles. The van der Waals surface area contributed by atoms with Crippen molar-refractivity contribution in [3.8, 4) is 0 Å². The van der Waals surface area contributed by atoms with Gasteiger partial charge >= 0.3 is 0 Å². The van der Waals surface area contributed by atoms with Gasteiger partial charge in [0.05, 0.1) is 0 Å². The first-order valence-corrected chi connectivity index (χ1v) is 6.41. The average molecular weight is 236 g/mol. The molecule has 2 rings (SSSR count). The van der Waals surface area contributed by atoms with Crippen LogP contribution in [0.5, 0.6) is 0 Å². The van der Waals surface area contributed by atoms with Crippen molar-refractivity contribution in [2.45, 2.75) is 25.8 Å². The zero-order valence-corrected chi connectivity index (χ0v) is 10.4. The highest BCUT2D eigenvalue weighted by Gasteiger charge is 2.25. The number of likely N-dealkylation sites (tertiary alicyclic amines) is 1. The zero-order chi connectivity index (χ0) is 12.3. The summed E-state index contributed by atoms with van der Waals surface area (Å²) in [5.41, 5.74) is 6.58.